The molecule has 0 unspecified atom stereocenters. The Morgan fingerprint density at radius 1 is 1.00 bits per heavy atom. The summed E-state index contributed by atoms with van der Waals surface area (Å²) in [7, 11) is 0. The molecular formula is C21H26N4. The molecule has 4 nitrogen and oxygen atoms in total. The second-order valence-corrected chi connectivity index (χ2v) is 6.19. The van der Waals surface area contributed by atoms with Gasteiger partial charge >= 0.3 is 0 Å². The van der Waals surface area contributed by atoms with E-state index in [9.17, 15) is 0 Å². The Kier molecular flexibility index (Phi) is 5.83. The highest BCUT2D eigenvalue weighted by atomic mass is 15.1. The van der Waals surface area contributed by atoms with E-state index in [-0.39, 0.29) is 0 Å². The molecule has 0 radical (unpaired) electrons. The lowest BCUT2D eigenvalue weighted by atomic mass is 10.1. The van der Waals surface area contributed by atoms with Crippen LogP contribution in [0, 0.1) is 6.92 Å². The van der Waals surface area contributed by atoms with Gasteiger partial charge in [-0.15, -0.1) is 0 Å². The highest BCUT2D eigenvalue weighted by molar-refractivity contribution is 5.61. The van der Waals surface area contributed by atoms with Crippen LogP contribution in [-0.4, -0.2) is 19.1 Å². The van der Waals surface area contributed by atoms with Crippen LogP contribution >= 0.6 is 0 Å². The van der Waals surface area contributed by atoms with Crippen LogP contribution in [0.25, 0.3) is 11.3 Å². The zero-order chi connectivity index (χ0) is 17.5. The quantitative estimate of drug-likeness (QED) is 0.562. The van der Waals surface area contributed by atoms with Crippen molar-refractivity contribution in [2.75, 3.05) is 0 Å². The minimum atomic E-state index is 0.907. The van der Waals surface area contributed by atoms with Gasteiger partial charge in [0, 0.05) is 36.7 Å². The van der Waals surface area contributed by atoms with Gasteiger partial charge in [-0.1, -0.05) is 49.4 Å². The molecule has 0 N–H and O–H groups in total. The Morgan fingerprint density at radius 3 is 2.52 bits per heavy atom. The van der Waals surface area contributed by atoms with Gasteiger partial charge in [-0.3, -0.25) is 0 Å². The maximum absolute atomic E-state index is 4.72. The summed E-state index contributed by atoms with van der Waals surface area (Å²) in [4.78, 5) is 9.02. The molecule has 2 aromatic heterocycles. The number of allylic oxidation sites excluding steroid dienone is 2. The van der Waals surface area contributed by atoms with Gasteiger partial charge in [0.15, 0.2) is 0 Å². The zero-order valence-electron chi connectivity index (χ0n) is 15.1. The van der Waals surface area contributed by atoms with Gasteiger partial charge < -0.3 is 9.13 Å². The number of hydrogen-bond donors (Lipinski definition) is 0. The van der Waals surface area contributed by atoms with E-state index in [2.05, 4.69) is 57.5 Å². The molecule has 3 aromatic rings. The SMILES string of the molecule is CCC=CCCc1c(-c2ccccc2)ncn1CCn1ccnc1C. The summed E-state index contributed by atoms with van der Waals surface area (Å²) < 4.78 is 4.48. The molecular weight excluding hydrogens is 308 g/mol. The maximum atomic E-state index is 4.72. The Hall–Kier alpha value is -2.62. The predicted octanol–water partition coefficient (Wildman–Crippen LogP) is 4.65. The molecule has 0 bridgehead atoms. The topological polar surface area (TPSA) is 35.6 Å². The van der Waals surface area contributed by atoms with E-state index in [0.717, 1.165) is 43.9 Å². The molecule has 0 atom stereocenters. The maximum Gasteiger partial charge on any atom is 0.105 e. The van der Waals surface area contributed by atoms with Crippen molar-refractivity contribution in [2.45, 2.75) is 46.2 Å². The third kappa shape index (κ3) is 4.27. The van der Waals surface area contributed by atoms with Gasteiger partial charge in [-0.2, -0.15) is 0 Å². The van der Waals surface area contributed by atoms with Crippen LogP contribution in [0.3, 0.4) is 0 Å². The Labute approximate surface area is 149 Å². The van der Waals surface area contributed by atoms with E-state index in [1.54, 1.807) is 0 Å². The molecule has 4 heteroatoms. The first-order valence-electron chi connectivity index (χ1n) is 9.01. The van der Waals surface area contributed by atoms with E-state index in [4.69, 9.17) is 4.98 Å². The first-order valence-corrected chi connectivity index (χ1v) is 9.01. The molecule has 0 aliphatic rings. The van der Waals surface area contributed by atoms with Crippen LogP contribution in [0.1, 0.15) is 31.3 Å². The molecule has 0 saturated heterocycles. The number of aryl methyl sites for hydroxylation is 3. The van der Waals surface area contributed by atoms with Crippen molar-refractivity contribution in [2.24, 2.45) is 0 Å². The summed E-state index contributed by atoms with van der Waals surface area (Å²) in [6.45, 7) is 6.03. The fourth-order valence-corrected chi connectivity index (χ4v) is 3.06. The zero-order valence-corrected chi connectivity index (χ0v) is 15.1. The van der Waals surface area contributed by atoms with Gasteiger partial charge in [0.2, 0.25) is 0 Å². The highest BCUT2D eigenvalue weighted by Crippen LogP contribution is 2.23. The van der Waals surface area contributed by atoms with Crippen molar-refractivity contribution in [3.05, 3.63) is 72.7 Å². The average Bonchev–Trinajstić information content (AvgIpc) is 3.23. The fourth-order valence-electron chi connectivity index (χ4n) is 3.06. The lowest BCUT2D eigenvalue weighted by Crippen LogP contribution is -2.10. The van der Waals surface area contributed by atoms with Crippen LogP contribution in [0.2, 0.25) is 0 Å². The largest absolute Gasteiger partial charge is 0.333 e. The molecule has 0 saturated carbocycles. The van der Waals surface area contributed by atoms with Gasteiger partial charge in [0.05, 0.1) is 12.0 Å². The minimum absolute atomic E-state index is 0.907. The van der Waals surface area contributed by atoms with Crippen molar-refractivity contribution in [3.8, 4) is 11.3 Å². The van der Waals surface area contributed by atoms with Crippen molar-refractivity contribution in [3.63, 3.8) is 0 Å². The molecule has 2 heterocycles. The predicted molar refractivity (Wildman–Crippen MR) is 102 cm³/mol. The Balaban J connectivity index is 1.82. The average molecular weight is 334 g/mol. The summed E-state index contributed by atoms with van der Waals surface area (Å²) in [5.41, 5.74) is 3.60. The Bertz CT molecular complexity index is 812. The second-order valence-electron chi connectivity index (χ2n) is 6.19. The highest BCUT2D eigenvalue weighted by Gasteiger charge is 2.12. The first-order chi connectivity index (χ1) is 12.3. The van der Waals surface area contributed by atoms with Crippen molar-refractivity contribution in [1.82, 2.24) is 19.1 Å². The first kappa shape index (κ1) is 17.2. The third-order valence-corrected chi connectivity index (χ3v) is 4.45. The smallest absolute Gasteiger partial charge is 0.105 e. The minimum Gasteiger partial charge on any atom is -0.333 e. The van der Waals surface area contributed by atoms with Crippen LogP contribution in [0.5, 0.6) is 0 Å². The summed E-state index contributed by atoms with van der Waals surface area (Å²) in [5.74, 6) is 1.05. The van der Waals surface area contributed by atoms with Crippen LogP contribution in [0.4, 0.5) is 0 Å². The molecule has 25 heavy (non-hydrogen) atoms. The van der Waals surface area contributed by atoms with Gasteiger partial charge in [-0.25, -0.2) is 9.97 Å². The summed E-state index contributed by atoms with van der Waals surface area (Å²) in [6, 6.07) is 10.5. The summed E-state index contributed by atoms with van der Waals surface area (Å²) in [5, 5.41) is 0. The van der Waals surface area contributed by atoms with Gasteiger partial charge in [0.25, 0.3) is 0 Å². The fraction of sp³-hybridized carbons (Fsp3) is 0.333. The number of imidazole rings is 2. The normalized spacial score (nSPS) is 11.4. The number of aromatic nitrogens is 4. The third-order valence-electron chi connectivity index (χ3n) is 4.45. The molecule has 0 amide bonds. The number of hydrogen-bond acceptors (Lipinski definition) is 2. The van der Waals surface area contributed by atoms with Crippen LogP contribution in [0.15, 0.2) is 61.2 Å². The number of rotatable bonds is 8. The van der Waals surface area contributed by atoms with Gasteiger partial charge in [-0.05, 0) is 26.2 Å². The van der Waals surface area contributed by atoms with Crippen molar-refractivity contribution in [1.29, 1.82) is 0 Å². The summed E-state index contributed by atoms with van der Waals surface area (Å²) in [6.07, 6.45) is 13.5. The Morgan fingerprint density at radius 2 is 1.80 bits per heavy atom. The lowest BCUT2D eigenvalue weighted by Gasteiger charge is -2.11. The van der Waals surface area contributed by atoms with Crippen LogP contribution in [-0.2, 0) is 19.5 Å². The number of benzene rings is 1. The molecule has 0 aliphatic carbocycles. The second kappa shape index (κ2) is 8.47. The van der Waals surface area contributed by atoms with E-state index in [1.807, 2.05) is 31.7 Å². The van der Waals surface area contributed by atoms with Crippen molar-refractivity contribution >= 4 is 0 Å². The van der Waals surface area contributed by atoms with Gasteiger partial charge in [0.1, 0.15) is 5.82 Å². The molecule has 1 aromatic carbocycles. The monoisotopic (exact) mass is 334 g/mol. The molecule has 0 fully saturated rings. The molecule has 0 spiro atoms. The molecule has 3 rings (SSSR count). The number of nitrogens with zero attached hydrogens (tertiary/aromatic N) is 4. The van der Waals surface area contributed by atoms with Crippen molar-refractivity contribution < 1.29 is 0 Å². The van der Waals surface area contributed by atoms with E-state index < -0.39 is 0 Å². The van der Waals surface area contributed by atoms with Crippen LogP contribution < -0.4 is 0 Å². The standard InChI is InChI=1S/C21H26N4/c1-3-4-5-9-12-20-21(19-10-7-6-8-11-19)23-17-25(20)16-15-24-14-13-22-18(24)2/h4-8,10-11,13-14,17H,3,9,12,15-16H2,1-2H3. The van der Waals surface area contributed by atoms with E-state index in [1.165, 1.54) is 11.3 Å². The summed E-state index contributed by atoms with van der Waals surface area (Å²) >= 11 is 0. The molecule has 0 aliphatic heterocycles. The lowest BCUT2D eigenvalue weighted by molar-refractivity contribution is 0.553. The molecule has 130 valence electrons. The van der Waals surface area contributed by atoms with E-state index >= 15 is 0 Å². The van der Waals surface area contributed by atoms with E-state index in [0.29, 0.717) is 0 Å².